The third kappa shape index (κ3) is 6.87. The fraction of sp³-hybridized carbons (Fsp3) is 1.00. The van der Waals surface area contributed by atoms with Gasteiger partial charge in [-0.15, -0.1) is 0 Å². The molecule has 1 fully saturated rings. The molecule has 0 amide bonds. The summed E-state index contributed by atoms with van der Waals surface area (Å²) in [5.41, 5.74) is 0. The van der Waals surface area contributed by atoms with Gasteiger partial charge in [0.05, 0.1) is 0 Å². The van der Waals surface area contributed by atoms with E-state index < -0.39 is 0 Å². The maximum Gasteiger partial charge on any atom is 0.00425 e. The number of hydrogen-bond donors (Lipinski definition) is 1. The summed E-state index contributed by atoms with van der Waals surface area (Å²) in [6, 6.07) is 0. The van der Waals surface area contributed by atoms with E-state index in [1.165, 1.54) is 51.4 Å². The molecule has 1 saturated carbocycles. The summed E-state index contributed by atoms with van der Waals surface area (Å²) in [5.74, 6) is 4.52. The Kier molecular flexibility index (Phi) is 8.63. The van der Waals surface area contributed by atoms with E-state index >= 15 is 0 Å². The van der Waals surface area contributed by atoms with Crippen molar-refractivity contribution in [2.75, 3.05) is 0 Å². The Morgan fingerprint density at radius 2 is 1.70 bits per heavy atom. The molecule has 0 saturated heterocycles. The van der Waals surface area contributed by atoms with Crippen LogP contribution in [0.15, 0.2) is 0 Å². The van der Waals surface area contributed by atoms with Crippen LogP contribution in [0.4, 0.5) is 0 Å². The van der Waals surface area contributed by atoms with Gasteiger partial charge >= 0.3 is 0 Å². The van der Waals surface area contributed by atoms with E-state index in [-0.39, 0.29) is 0 Å². The van der Waals surface area contributed by atoms with E-state index in [1.807, 2.05) is 0 Å². The molecule has 20 heavy (non-hydrogen) atoms. The zero-order valence-corrected chi connectivity index (χ0v) is 15.5. The van der Waals surface area contributed by atoms with E-state index in [0.29, 0.717) is 5.25 Å². The monoisotopic (exact) mass is 298 g/mol. The van der Waals surface area contributed by atoms with Crippen molar-refractivity contribution in [3.8, 4) is 0 Å². The smallest absolute Gasteiger partial charge is 0.00425 e. The second-order valence-electron chi connectivity index (χ2n) is 8.10. The fourth-order valence-electron chi connectivity index (χ4n) is 3.87. The molecule has 0 aliphatic heterocycles. The van der Waals surface area contributed by atoms with Gasteiger partial charge in [0, 0.05) is 5.25 Å². The van der Waals surface area contributed by atoms with Crippen molar-refractivity contribution in [3.05, 3.63) is 0 Å². The van der Waals surface area contributed by atoms with Gasteiger partial charge in [0.25, 0.3) is 0 Å². The first-order chi connectivity index (χ1) is 9.40. The summed E-state index contributed by atoms with van der Waals surface area (Å²) in [7, 11) is 0. The van der Waals surface area contributed by atoms with Crippen LogP contribution in [-0.4, -0.2) is 5.25 Å². The van der Waals surface area contributed by atoms with Gasteiger partial charge in [0.2, 0.25) is 0 Å². The second-order valence-corrected chi connectivity index (χ2v) is 8.77. The van der Waals surface area contributed by atoms with Crippen LogP contribution in [0.2, 0.25) is 0 Å². The largest absolute Gasteiger partial charge is 0.176 e. The van der Waals surface area contributed by atoms with Crippen LogP contribution in [0.25, 0.3) is 0 Å². The Hall–Kier alpha value is 0.350. The topological polar surface area (TPSA) is 0 Å². The molecule has 0 aromatic rings. The predicted molar refractivity (Wildman–Crippen MR) is 95.5 cm³/mol. The van der Waals surface area contributed by atoms with Gasteiger partial charge in [-0.25, -0.2) is 0 Å². The lowest BCUT2D eigenvalue weighted by Gasteiger charge is -2.33. The lowest BCUT2D eigenvalue weighted by molar-refractivity contribution is 0.189. The van der Waals surface area contributed by atoms with Crippen molar-refractivity contribution in [2.24, 2.45) is 29.6 Å². The molecule has 0 radical (unpaired) electrons. The van der Waals surface area contributed by atoms with E-state index in [4.69, 9.17) is 12.6 Å². The number of hydrogen-bond acceptors (Lipinski definition) is 1. The normalized spacial score (nSPS) is 30.4. The molecule has 5 unspecified atom stereocenters. The summed E-state index contributed by atoms with van der Waals surface area (Å²) in [6.07, 6.45) is 11.2. The van der Waals surface area contributed by atoms with Gasteiger partial charge in [-0.3, -0.25) is 0 Å². The van der Waals surface area contributed by atoms with Crippen LogP contribution >= 0.6 is 12.6 Å². The van der Waals surface area contributed by atoms with E-state index in [1.54, 1.807) is 0 Å². The Bertz CT molecular complexity index is 248. The van der Waals surface area contributed by atoms with Crippen molar-refractivity contribution >= 4 is 12.6 Å². The lowest BCUT2D eigenvalue weighted by atomic mass is 9.73. The molecule has 1 aliphatic rings. The third-order valence-electron chi connectivity index (χ3n) is 5.54. The van der Waals surface area contributed by atoms with E-state index in [2.05, 4.69) is 34.6 Å². The van der Waals surface area contributed by atoms with Gasteiger partial charge in [0.15, 0.2) is 0 Å². The molecule has 5 atom stereocenters. The van der Waals surface area contributed by atoms with Crippen molar-refractivity contribution in [2.45, 2.75) is 91.2 Å². The van der Waals surface area contributed by atoms with Crippen molar-refractivity contribution in [3.63, 3.8) is 0 Å². The molecule has 0 heterocycles. The van der Waals surface area contributed by atoms with Crippen molar-refractivity contribution in [1.82, 2.24) is 0 Å². The molecule has 1 aliphatic carbocycles. The molecule has 0 aromatic heterocycles. The van der Waals surface area contributed by atoms with E-state index in [9.17, 15) is 0 Å². The Morgan fingerprint density at radius 3 is 2.30 bits per heavy atom. The van der Waals surface area contributed by atoms with Crippen LogP contribution in [0.1, 0.15) is 86.0 Å². The van der Waals surface area contributed by atoms with Crippen LogP contribution in [0, 0.1) is 29.6 Å². The van der Waals surface area contributed by atoms with Gasteiger partial charge in [-0.05, 0) is 61.7 Å². The zero-order valence-electron chi connectivity index (χ0n) is 14.6. The maximum absolute atomic E-state index is 4.90. The van der Waals surface area contributed by atoms with Crippen LogP contribution < -0.4 is 0 Å². The summed E-state index contributed by atoms with van der Waals surface area (Å²) in [5, 5.41) is 0.619. The summed E-state index contributed by atoms with van der Waals surface area (Å²) < 4.78 is 0. The average Bonchev–Trinajstić information content (AvgIpc) is 2.36. The first-order valence-corrected chi connectivity index (χ1v) is 9.59. The SMILES string of the molecule is CC(C)CCCC(C)C(S)CCC1CCC(C)CC1C. The minimum absolute atomic E-state index is 0.619. The number of rotatable bonds is 8. The Balaban J connectivity index is 2.19. The molecule has 0 nitrogen and oxygen atoms in total. The minimum atomic E-state index is 0.619. The van der Waals surface area contributed by atoms with Crippen molar-refractivity contribution in [1.29, 1.82) is 0 Å². The summed E-state index contributed by atoms with van der Waals surface area (Å²) in [6.45, 7) is 12.0. The highest BCUT2D eigenvalue weighted by atomic mass is 32.1. The molecular formula is C19H38S. The third-order valence-corrected chi connectivity index (χ3v) is 6.31. The molecular weight excluding hydrogens is 260 g/mol. The molecule has 0 bridgehead atoms. The standard InChI is InChI=1S/C19H38S/c1-14(2)7-6-8-16(4)19(20)12-11-18-10-9-15(3)13-17(18)5/h14-20H,6-13H2,1-5H3. The quantitative estimate of drug-likeness (QED) is 0.479. The number of thiol groups is 1. The zero-order chi connectivity index (χ0) is 15.1. The first kappa shape index (κ1) is 18.4. The van der Waals surface area contributed by atoms with Gasteiger partial charge in [-0.1, -0.05) is 53.9 Å². The van der Waals surface area contributed by atoms with Gasteiger partial charge < -0.3 is 0 Å². The molecule has 1 rings (SSSR count). The lowest BCUT2D eigenvalue weighted by Crippen LogP contribution is -2.23. The predicted octanol–water partition coefficient (Wildman–Crippen LogP) is 6.60. The fourth-order valence-corrected chi connectivity index (χ4v) is 4.16. The Labute approximate surface area is 133 Å². The molecule has 0 aromatic carbocycles. The van der Waals surface area contributed by atoms with Crippen LogP contribution in [0.3, 0.4) is 0 Å². The highest BCUT2D eigenvalue weighted by Gasteiger charge is 2.26. The first-order valence-electron chi connectivity index (χ1n) is 9.08. The molecule has 120 valence electrons. The van der Waals surface area contributed by atoms with Crippen LogP contribution in [-0.2, 0) is 0 Å². The van der Waals surface area contributed by atoms with Gasteiger partial charge in [-0.2, -0.15) is 12.6 Å². The van der Waals surface area contributed by atoms with Crippen LogP contribution in [0.5, 0.6) is 0 Å². The molecule has 1 heteroatoms. The van der Waals surface area contributed by atoms with Gasteiger partial charge in [0.1, 0.15) is 0 Å². The van der Waals surface area contributed by atoms with E-state index in [0.717, 1.165) is 29.6 Å². The molecule has 0 N–H and O–H groups in total. The molecule has 0 spiro atoms. The summed E-state index contributed by atoms with van der Waals surface area (Å²) in [4.78, 5) is 0. The Morgan fingerprint density at radius 1 is 1.00 bits per heavy atom. The van der Waals surface area contributed by atoms with Crippen molar-refractivity contribution < 1.29 is 0 Å². The minimum Gasteiger partial charge on any atom is -0.176 e. The maximum atomic E-state index is 4.90. The average molecular weight is 299 g/mol. The highest BCUT2D eigenvalue weighted by Crippen LogP contribution is 2.37. The summed E-state index contributed by atoms with van der Waals surface area (Å²) >= 11 is 4.90. The highest BCUT2D eigenvalue weighted by molar-refractivity contribution is 7.81. The second kappa shape index (κ2) is 9.38.